The van der Waals surface area contributed by atoms with Gasteiger partial charge in [-0.2, -0.15) is 20.4 Å². The average molecular weight is 1710 g/mol. The van der Waals surface area contributed by atoms with Gasteiger partial charge in [-0.3, -0.25) is 66.5 Å². The summed E-state index contributed by atoms with van der Waals surface area (Å²) < 4.78 is 42.2. The van der Waals surface area contributed by atoms with E-state index in [1.807, 2.05) is 145 Å². The average Bonchev–Trinajstić information content (AvgIpc) is 1.60. The van der Waals surface area contributed by atoms with Crippen LogP contribution in [0, 0.1) is 33.6 Å². The molecule has 1 N–H and O–H groups in total. The van der Waals surface area contributed by atoms with Gasteiger partial charge in [0.1, 0.15) is 75.0 Å². The van der Waals surface area contributed by atoms with Gasteiger partial charge < -0.3 is 33.9 Å². The van der Waals surface area contributed by atoms with Gasteiger partial charge in [0.15, 0.2) is 0 Å². The summed E-state index contributed by atoms with van der Waals surface area (Å²) in [5.74, 6) is 3.22. The van der Waals surface area contributed by atoms with Crippen molar-refractivity contribution >= 4 is 44.7 Å². The van der Waals surface area contributed by atoms with E-state index in [2.05, 4.69) is 108 Å². The van der Waals surface area contributed by atoms with Crippen LogP contribution in [0.25, 0.3) is 90.2 Å². The summed E-state index contributed by atoms with van der Waals surface area (Å²) in [5, 5.41) is 21.9. The van der Waals surface area contributed by atoms with Gasteiger partial charge in [0, 0.05) is 57.0 Å². The topological polar surface area (TPSA) is 326 Å². The van der Waals surface area contributed by atoms with Gasteiger partial charge in [0.2, 0.25) is 0 Å². The largest absolute Gasteiger partial charge is 0.492 e. The van der Waals surface area contributed by atoms with Gasteiger partial charge in [0.05, 0.1) is 173 Å². The molecule has 0 bridgehead atoms. The Morgan fingerprint density at radius 1 is 0.381 bits per heavy atom. The molecule has 0 saturated carbocycles. The molecule has 0 aromatic carbocycles. The lowest BCUT2D eigenvalue weighted by atomic mass is 9.99. The van der Waals surface area contributed by atoms with Crippen molar-refractivity contribution in [2.45, 2.75) is 126 Å². The second-order valence-corrected chi connectivity index (χ2v) is 32.4. The van der Waals surface area contributed by atoms with Crippen molar-refractivity contribution in [3.8, 4) is 68.5 Å². The van der Waals surface area contributed by atoms with Gasteiger partial charge in [-0.1, -0.05) is 34.1 Å². The predicted octanol–water partition coefficient (Wildman–Crippen LogP) is 10.8. The smallest absolute Gasteiger partial charge is 0.258 e. The van der Waals surface area contributed by atoms with E-state index in [0.717, 1.165) is 191 Å². The molecule has 0 amide bonds. The van der Waals surface area contributed by atoms with Crippen LogP contribution < -0.4 is 46.5 Å². The number of hydrogen-bond acceptors (Lipinski definition) is 25. The lowest BCUT2D eigenvalue weighted by Crippen LogP contribution is -2.37. The zero-order valence-corrected chi connectivity index (χ0v) is 73.3. The second kappa shape index (κ2) is 39.4. The normalized spacial score (nSPS) is 14.2. The number of aromatic nitrogens is 20. The highest BCUT2D eigenvalue weighted by molar-refractivity contribution is 5.70. The quantitative estimate of drug-likeness (QED) is 0.0520. The summed E-state index contributed by atoms with van der Waals surface area (Å²) in [6.07, 6.45) is 25.5. The molecule has 0 unspecified atom stereocenters. The molecular formula is C93H108N24O9. The van der Waals surface area contributed by atoms with Crippen LogP contribution >= 0.6 is 0 Å². The van der Waals surface area contributed by atoms with Crippen LogP contribution in [0.5, 0.6) is 23.0 Å². The van der Waals surface area contributed by atoms with Gasteiger partial charge in [0.25, 0.3) is 22.2 Å². The van der Waals surface area contributed by atoms with Crippen molar-refractivity contribution in [3.05, 3.63) is 234 Å². The first kappa shape index (κ1) is 86.4. The van der Waals surface area contributed by atoms with E-state index in [-0.39, 0.29) is 22.2 Å². The van der Waals surface area contributed by atoms with Crippen molar-refractivity contribution in [1.82, 2.24) is 116 Å². The van der Waals surface area contributed by atoms with E-state index in [1.165, 1.54) is 61.1 Å². The third-order valence-electron chi connectivity index (χ3n) is 22.6. The maximum absolute atomic E-state index is 12.9. The standard InChI is InChI=1S/C24H28N6O3.C24H28N6O2.C23H26N6O2.C22H26N6O2/c1-3-19-22-13-21(27-30(22)15-17(2)25-19)20-14-24(31)29-16-18(5-6-23(29)26-20)33-10-4-7-28-8-11-32-12-9-28;1-3-19-22-13-21(27-30(22)15-17(2)25-19)20-14-24(31)29-16-18(7-8-23(29)26-20)32-12-11-28-9-5-4-6-10-28;1-3-18-21-10-20(27-29(21)12-15(2)25-18)19-11-23(30)28-13-17(4-5-22(28)26-19)31-14-16-6-8-24-9-7-16;1-5-17-20-11-19(25-28(20)13-15(2)23-17)18-12-22(29)27-14-16(7-8-21(27)24-18)30-10-6-9-26(3)4/h5-6,13-16H,3-4,7-12H2,1-2H3;7-8,13-16H,3-6,9-12H2,1-2H3;4-5,10-13,16,24H,3,6-9,14H2,1-2H3;7-8,11-14H,5-6,9-10H2,1-4H3. The zero-order valence-electron chi connectivity index (χ0n) is 73.3. The molecule has 16 aromatic rings. The first-order valence-corrected chi connectivity index (χ1v) is 43.7. The summed E-state index contributed by atoms with van der Waals surface area (Å²) in [6.45, 7) is 29.3. The Bertz CT molecular complexity index is 6850. The molecule has 33 nitrogen and oxygen atoms in total. The lowest BCUT2D eigenvalue weighted by molar-refractivity contribution is 0.0358. The number of hydrogen-bond donors (Lipinski definition) is 1. The van der Waals surface area contributed by atoms with Crippen molar-refractivity contribution in [2.24, 2.45) is 5.92 Å². The number of piperidine rings is 2. The lowest BCUT2D eigenvalue weighted by Gasteiger charge is -2.26. The highest BCUT2D eigenvalue weighted by Crippen LogP contribution is 2.28. The first-order chi connectivity index (χ1) is 61.2. The number of rotatable bonds is 25. The molecule has 3 aliphatic heterocycles. The fourth-order valence-electron chi connectivity index (χ4n) is 16.1. The Kier molecular flexibility index (Phi) is 27.0. The highest BCUT2D eigenvalue weighted by Gasteiger charge is 2.22. The van der Waals surface area contributed by atoms with Crippen molar-refractivity contribution in [1.29, 1.82) is 0 Å². The monoisotopic (exact) mass is 1700 g/mol. The SMILES string of the molecule is CCc1nc(C)cn2nc(-c3cc(=O)n4cc(OCC5CCNCC5)ccc4n3)cc12.CCc1nc(C)cn2nc(-c3cc(=O)n4cc(OCCCN(C)C)ccc4n3)cc12.CCc1nc(C)cn2nc(-c3cc(=O)n4cc(OCCCN5CCOCC5)ccc4n3)cc12.CCc1nc(C)cn2nc(-c3cc(=O)n4cc(OCCN5CCCCC5)ccc4n3)cc12. The Balaban J connectivity index is 0.000000124. The molecule has 33 heteroatoms. The molecule has 19 heterocycles. The first-order valence-electron chi connectivity index (χ1n) is 43.7. The van der Waals surface area contributed by atoms with Crippen LogP contribution in [0.2, 0.25) is 0 Å². The minimum Gasteiger partial charge on any atom is -0.492 e. The van der Waals surface area contributed by atoms with Crippen molar-refractivity contribution < 1.29 is 23.7 Å². The molecule has 16 aromatic heterocycles. The van der Waals surface area contributed by atoms with E-state index < -0.39 is 0 Å². The van der Waals surface area contributed by atoms with E-state index >= 15 is 0 Å². The number of nitrogens with zero attached hydrogens (tertiary/aromatic N) is 23. The minimum atomic E-state index is -0.171. The van der Waals surface area contributed by atoms with Crippen LogP contribution in [0.15, 0.2) is 166 Å². The summed E-state index contributed by atoms with van der Waals surface area (Å²) in [4.78, 5) is 95.2. The second-order valence-electron chi connectivity index (χ2n) is 32.4. The molecule has 3 saturated heterocycles. The number of nitrogens with one attached hydrogen (secondary N) is 1. The molecule has 654 valence electrons. The number of fused-ring (bicyclic) bond motifs is 8. The summed E-state index contributed by atoms with van der Waals surface area (Å²) in [5.41, 5.74) is 17.7. The number of likely N-dealkylation sites (tertiary alicyclic amines) is 1. The Morgan fingerprint density at radius 2 is 0.714 bits per heavy atom. The molecule has 0 aliphatic carbocycles. The minimum absolute atomic E-state index is 0.158. The fraction of sp³-hybridized carbons (Fsp3) is 0.398. The number of ether oxygens (including phenoxy) is 5. The Labute approximate surface area is 727 Å². The molecule has 0 radical (unpaired) electrons. The van der Waals surface area contributed by atoms with Crippen molar-refractivity contribution in [2.75, 3.05) is 113 Å². The molecule has 19 rings (SSSR count). The van der Waals surface area contributed by atoms with Gasteiger partial charge in [-0.15, -0.1) is 0 Å². The Hall–Kier alpha value is -13.1. The van der Waals surface area contributed by atoms with E-state index in [4.69, 9.17) is 23.7 Å². The molecular weight excluding hydrogens is 1600 g/mol. The summed E-state index contributed by atoms with van der Waals surface area (Å²) in [6, 6.07) is 28.5. The van der Waals surface area contributed by atoms with Crippen molar-refractivity contribution in [3.63, 3.8) is 0 Å². The van der Waals surface area contributed by atoms with Crippen LogP contribution in [0.1, 0.15) is 118 Å². The molecule has 3 aliphatic rings. The van der Waals surface area contributed by atoms with Gasteiger partial charge >= 0.3 is 0 Å². The fourth-order valence-corrected chi connectivity index (χ4v) is 16.1. The molecule has 3 fully saturated rings. The van der Waals surface area contributed by atoms with Crippen LogP contribution in [0.3, 0.4) is 0 Å². The molecule has 0 spiro atoms. The summed E-state index contributed by atoms with van der Waals surface area (Å²) in [7, 11) is 4.06. The highest BCUT2D eigenvalue weighted by atomic mass is 16.5. The maximum Gasteiger partial charge on any atom is 0.258 e. The Morgan fingerprint density at radius 3 is 1.06 bits per heavy atom. The van der Waals surface area contributed by atoms with Crippen LogP contribution in [-0.2, 0) is 30.4 Å². The third kappa shape index (κ3) is 20.5. The predicted molar refractivity (Wildman–Crippen MR) is 483 cm³/mol. The zero-order chi connectivity index (χ0) is 87.5. The van der Waals surface area contributed by atoms with Crippen LogP contribution in [0.4, 0.5) is 0 Å². The molecule has 126 heavy (non-hydrogen) atoms. The molecule has 0 atom stereocenters. The van der Waals surface area contributed by atoms with E-state index in [0.29, 0.717) is 123 Å². The van der Waals surface area contributed by atoms with E-state index in [9.17, 15) is 19.2 Å². The third-order valence-corrected chi connectivity index (χ3v) is 22.6. The maximum atomic E-state index is 12.9. The van der Waals surface area contributed by atoms with Gasteiger partial charge in [-0.25, -0.2) is 38.0 Å². The number of pyridine rings is 4. The number of morpholine rings is 1. The number of aryl methyl sites for hydroxylation is 8. The van der Waals surface area contributed by atoms with Gasteiger partial charge in [-0.05, 0) is 211 Å². The van der Waals surface area contributed by atoms with Crippen LogP contribution in [-0.4, -0.2) is 223 Å². The summed E-state index contributed by atoms with van der Waals surface area (Å²) >= 11 is 0. The van der Waals surface area contributed by atoms with E-state index in [1.54, 1.807) is 36.9 Å².